The summed E-state index contributed by atoms with van der Waals surface area (Å²) in [7, 11) is 0. The molecule has 1 atom stereocenters. The van der Waals surface area contributed by atoms with Crippen molar-refractivity contribution in [1.29, 1.82) is 0 Å². The van der Waals surface area contributed by atoms with Crippen LogP contribution in [-0.4, -0.2) is 47.8 Å². The molecule has 3 rings (SSSR count). The summed E-state index contributed by atoms with van der Waals surface area (Å²) in [6, 6.07) is 6.64. The van der Waals surface area contributed by atoms with Crippen molar-refractivity contribution < 1.29 is 14.0 Å². The van der Waals surface area contributed by atoms with Crippen LogP contribution in [-0.2, 0) is 16.1 Å². The van der Waals surface area contributed by atoms with Crippen molar-refractivity contribution in [3.05, 3.63) is 35.6 Å². The third-order valence-electron chi connectivity index (χ3n) is 5.36. The topological polar surface area (TPSA) is 66.6 Å². The lowest BCUT2D eigenvalue weighted by atomic mass is 9.92. The molecule has 2 heterocycles. The number of nitrogens with two attached hydrogens (primary N) is 1. The van der Waals surface area contributed by atoms with Gasteiger partial charge in [0.2, 0.25) is 11.8 Å². The van der Waals surface area contributed by atoms with Gasteiger partial charge in [0, 0.05) is 32.1 Å². The lowest BCUT2D eigenvalue weighted by Crippen LogP contribution is -2.48. The Morgan fingerprint density at radius 3 is 2.56 bits per heavy atom. The monoisotopic (exact) mass is 347 g/mol. The quantitative estimate of drug-likeness (QED) is 0.902. The van der Waals surface area contributed by atoms with Crippen molar-refractivity contribution in [1.82, 2.24) is 9.80 Å². The van der Waals surface area contributed by atoms with Gasteiger partial charge in [-0.1, -0.05) is 12.1 Å². The van der Waals surface area contributed by atoms with Crippen molar-refractivity contribution in [2.45, 2.75) is 32.2 Å². The largest absolute Gasteiger partial charge is 0.369 e. The van der Waals surface area contributed by atoms with Gasteiger partial charge in [-0.15, -0.1) is 0 Å². The first-order valence-corrected chi connectivity index (χ1v) is 9.08. The van der Waals surface area contributed by atoms with Crippen LogP contribution in [0.4, 0.5) is 4.39 Å². The number of primary amides is 1. The van der Waals surface area contributed by atoms with E-state index in [0.717, 1.165) is 24.9 Å². The summed E-state index contributed by atoms with van der Waals surface area (Å²) in [5.41, 5.74) is 6.30. The van der Waals surface area contributed by atoms with E-state index < -0.39 is 0 Å². The number of halogens is 1. The minimum absolute atomic E-state index is 0.00700. The number of amides is 2. The summed E-state index contributed by atoms with van der Waals surface area (Å²) in [5.74, 6) is -0.398. The number of hydrogen-bond donors (Lipinski definition) is 1. The van der Waals surface area contributed by atoms with E-state index in [1.165, 1.54) is 6.07 Å². The Morgan fingerprint density at radius 1 is 1.12 bits per heavy atom. The first-order valence-electron chi connectivity index (χ1n) is 9.08. The molecule has 2 fully saturated rings. The Hall–Kier alpha value is -1.95. The maximum Gasteiger partial charge on any atom is 0.226 e. The van der Waals surface area contributed by atoms with Crippen molar-refractivity contribution >= 4 is 11.8 Å². The minimum Gasteiger partial charge on any atom is -0.369 e. The molecule has 2 amide bonds. The molecule has 1 aromatic rings. The van der Waals surface area contributed by atoms with E-state index in [9.17, 15) is 14.0 Å². The SMILES string of the molecule is NC(=O)C1CCN(C(=O)[C@H]2CCCN(Cc3cccc(F)c3)C2)CC1. The summed E-state index contributed by atoms with van der Waals surface area (Å²) in [6.45, 7) is 3.56. The van der Waals surface area contributed by atoms with Crippen LogP contribution >= 0.6 is 0 Å². The molecule has 136 valence electrons. The number of piperidine rings is 2. The Labute approximate surface area is 148 Å². The van der Waals surface area contributed by atoms with E-state index in [1.807, 2.05) is 11.0 Å². The number of hydrogen-bond acceptors (Lipinski definition) is 3. The molecule has 0 aliphatic carbocycles. The molecule has 0 radical (unpaired) electrons. The Morgan fingerprint density at radius 2 is 1.88 bits per heavy atom. The van der Waals surface area contributed by atoms with Crippen LogP contribution in [0, 0.1) is 17.7 Å². The highest BCUT2D eigenvalue weighted by atomic mass is 19.1. The average Bonchev–Trinajstić information content (AvgIpc) is 2.61. The van der Waals surface area contributed by atoms with E-state index in [0.29, 0.717) is 39.0 Å². The lowest BCUT2D eigenvalue weighted by Gasteiger charge is -2.37. The summed E-state index contributed by atoms with van der Waals surface area (Å²) < 4.78 is 13.3. The van der Waals surface area contributed by atoms with Gasteiger partial charge in [0.25, 0.3) is 0 Å². The van der Waals surface area contributed by atoms with Gasteiger partial charge in [0.15, 0.2) is 0 Å². The smallest absolute Gasteiger partial charge is 0.226 e. The van der Waals surface area contributed by atoms with Crippen LogP contribution in [0.15, 0.2) is 24.3 Å². The zero-order chi connectivity index (χ0) is 17.8. The summed E-state index contributed by atoms with van der Waals surface area (Å²) in [6.07, 6.45) is 3.21. The molecule has 5 nitrogen and oxygen atoms in total. The highest BCUT2D eigenvalue weighted by Crippen LogP contribution is 2.24. The van der Waals surface area contributed by atoms with Crippen molar-refractivity contribution in [3.63, 3.8) is 0 Å². The molecule has 0 spiro atoms. The summed E-state index contributed by atoms with van der Waals surface area (Å²) in [5, 5.41) is 0. The van der Waals surface area contributed by atoms with Gasteiger partial charge in [0.05, 0.1) is 5.92 Å². The van der Waals surface area contributed by atoms with Crippen LogP contribution in [0.2, 0.25) is 0 Å². The van der Waals surface area contributed by atoms with Crippen molar-refractivity contribution in [3.8, 4) is 0 Å². The maximum absolute atomic E-state index is 13.3. The van der Waals surface area contributed by atoms with Gasteiger partial charge < -0.3 is 10.6 Å². The summed E-state index contributed by atoms with van der Waals surface area (Å²) in [4.78, 5) is 28.2. The van der Waals surface area contributed by atoms with E-state index >= 15 is 0 Å². The van der Waals surface area contributed by atoms with E-state index in [-0.39, 0.29) is 29.5 Å². The molecule has 2 aliphatic heterocycles. The second kappa shape index (κ2) is 7.95. The third-order valence-corrected chi connectivity index (χ3v) is 5.36. The number of carbonyl (C=O) groups is 2. The third kappa shape index (κ3) is 4.57. The molecular weight excluding hydrogens is 321 g/mol. The molecule has 6 heteroatoms. The second-order valence-corrected chi connectivity index (χ2v) is 7.21. The predicted molar refractivity (Wildman–Crippen MR) is 92.9 cm³/mol. The Kier molecular flexibility index (Phi) is 5.68. The number of carbonyl (C=O) groups excluding carboxylic acids is 2. The fraction of sp³-hybridized carbons (Fsp3) is 0.579. The molecule has 2 saturated heterocycles. The van der Waals surface area contributed by atoms with Crippen molar-refractivity contribution in [2.75, 3.05) is 26.2 Å². The fourth-order valence-corrected chi connectivity index (χ4v) is 3.94. The Balaban J connectivity index is 1.54. The van der Waals surface area contributed by atoms with Gasteiger partial charge in [-0.2, -0.15) is 0 Å². The van der Waals surface area contributed by atoms with Gasteiger partial charge in [0.1, 0.15) is 5.82 Å². The lowest BCUT2D eigenvalue weighted by molar-refractivity contribution is -0.140. The molecule has 2 aliphatic rings. The zero-order valence-corrected chi connectivity index (χ0v) is 14.5. The number of nitrogens with zero attached hydrogens (tertiary/aromatic N) is 2. The highest BCUT2D eigenvalue weighted by molar-refractivity contribution is 5.80. The number of likely N-dealkylation sites (tertiary alicyclic amines) is 2. The minimum atomic E-state index is -0.258. The van der Waals surface area contributed by atoms with Crippen LogP contribution in [0.5, 0.6) is 0 Å². The highest BCUT2D eigenvalue weighted by Gasteiger charge is 2.32. The molecule has 0 aromatic heterocycles. The van der Waals surface area contributed by atoms with Gasteiger partial charge in [-0.05, 0) is 49.9 Å². The molecule has 0 saturated carbocycles. The van der Waals surface area contributed by atoms with E-state index in [4.69, 9.17) is 5.73 Å². The second-order valence-electron chi connectivity index (χ2n) is 7.21. The first-order chi connectivity index (χ1) is 12.0. The zero-order valence-electron chi connectivity index (χ0n) is 14.5. The molecule has 2 N–H and O–H groups in total. The van der Waals surface area contributed by atoms with Crippen molar-refractivity contribution in [2.24, 2.45) is 17.6 Å². The number of benzene rings is 1. The average molecular weight is 347 g/mol. The van der Waals surface area contributed by atoms with Gasteiger partial charge in [-0.25, -0.2) is 4.39 Å². The predicted octanol–water partition coefficient (Wildman–Crippen LogP) is 1.76. The first kappa shape index (κ1) is 17.9. The molecule has 25 heavy (non-hydrogen) atoms. The summed E-state index contributed by atoms with van der Waals surface area (Å²) >= 11 is 0. The number of rotatable bonds is 4. The molecule has 0 bridgehead atoms. The van der Waals surface area contributed by atoms with Crippen LogP contribution in [0.1, 0.15) is 31.2 Å². The molecular formula is C19H26FN3O2. The van der Waals surface area contributed by atoms with Gasteiger partial charge >= 0.3 is 0 Å². The van der Waals surface area contributed by atoms with Crippen LogP contribution in [0.25, 0.3) is 0 Å². The Bertz CT molecular complexity index is 629. The van der Waals surface area contributed by atoms with Gasteiger partial charge in [-0.3, -0.25) is 14.5 Å². The van der Waals surface area contributed by atoms with E-state index in [1.54, 1.807) is 12.1 Å². The van der Waals surface area contributed by atoms with Crippen LogP contribution in [0.3, 0.4) is 0 Å². The van der Waals surface area contributed by atoms with E-state index in [2.05, 4.69) is 4.90 Å². The fourth-order valence-electron chi connectivity index (χ4n) is 3.94. The molecule has 1 aromatic carbocycles. The molecule has 0 unspecified atom stereocenters. The standard InChI is InChI=1S/C19H26FN3O2/c20-17-5-1-3-14(11-17)12-22-8-2-4-16(13-22)19(25)23-9-6-15(7-10-23)18(21)24/h1,3,5,11,15-16H,2,4,6-10,12-13H2,(H2,21,24)/t16-/m0/s1. The maximum atomic E-state index is 13.3. The normalized spacial score (nSPS) is 22.8. The van der Waals surface area contributed by atoms with Crippen LogP contribution < -0.4 is 5.73 Å².